The standard InChI is InChI=1S/C21H22N4O2/c1-14(2)22-20-13-18(23-15(3)24-20)21(26)25-17-11-7-8-12-19(17)27-16-9-5-4-6-10-16/h4-14H,1-3H3,(H,25,26)(H,22,23,24). The largest absolute Gasteiger partial charge is 0.455 e. The van der Waals surface area contributed by atoms with Crippen LogP contribution in [0.15, 0.2) is 60.7 Å². The molecule has 0 saturated carbocycles. The number of ether oxygens (including phenoxy) is 1. The maximum atomic E-state index is 12.7. The number of para-hydroxylation sites is 3. The lowest BCUT2D eigenvalue weighted by Gasteiger charge is -2.13. The number of rotatable bonds is 6. The summed E-state index contributed by atoms with van der Waals surface area (Å²) in [6.45, 7) is 5.78. The van der Waals surface area contributed by atoms with E-state index >= 15 is 0 Å². The molecule has 0 aliphatic rings. The molecule has 3 rings (SSSR count). The minimum absolute atomic E-state index is 0.204. The summed E-state index contributed by atoms with van der Waals surface area (Å²) in [5, 5.41) is 6.07. The van der Waals surface area contributed by atoms with Crippen molar-refractivity contribution >= 4 is 17.4 Å². The van der Waals surface area contributed by atoms with Crippen LogP contribution in [0.3, 0.4) is 0 Å². The molecule has 2 aromatic carbocycles. The zero-order valence-corrected chi connectivity index (χ0v) is 15.6. The molecule has 0 aliphatic heterocycles. The van der Waals surface area contributed by atoms with Crippen molar-refractivity contribution in [1.29, 1.82) is 0 Å². The molecule has 6 nitrogen and oxygen atoms in total. The molecule has 27 heavy (non-hydrogen) atoms. The third-order valence-corrected chi connectivity index (χ3v) is 3.61. The number of nitrogens with one attached hydrogen (secondary N) is 2. The van der Waals surface area contributed by atoms with Crippen molar-refractivity contribution < 1.29 is 9.53 Å². The highest BCUT2D eigenvalue weighted by Gasteiger charge is 2.14. The second kappa shape index (κ2) is 8.31. The number of aromatic nitrogens is 2. The van der Waals surface area contributed by atoms with E-state index in [2.05, 4.69) is 20.6 Å². The molecule has 2 N–H and O–H groups in total. The predicted molar refractivity (Wildman–Crippen MR) is 106 cm³/mol. The lowest BCUT2D eigenvalue weighted by Crippen LogP contribution is -2.17. The highest BCUT2D eigenvalue weighted by molar-refractivity contribution is 6.04. The van der Waals surface area contributed by atoms with Crippen LogP contribution in [-0.4, -0.2) is 21.9 Å². The van der Waals surface area contributed by atoms with Crippen molar-refractivity contribution in [3.8, 4) is 11.5 Å². The quantitative estimate of drug-likeness (QED) is 0.667. The number of aryl methyl sites for hydroxylation is 1. The van der Waals surface area contributed by atoms with Crippen LogP contribution in [0.2, 0.25) is 0 Å². The summed E-state index contributed by atoms with van der Waals surface area (Å²) in [6.07, 6.45) is 0. The zero-order chi connectivity index (χ0) is 19.2. The Hall–Kier alpha value is -3.41. The Morgan fingerprint density at radius 3 is 2.44 bits per heavy atom. The van der Waals surface area contributed by atoms with Gasteiger partial charge in [-0.25, -0.2) is 9.97 Å². The Morgan fingerprint density at radius 1 is 1.00 bits per heavy atom. The summed E-state index contributed by atoms with van der Waals surface area (Å²) in [5.74, 6) is 2.08. The number of anilines is 2. The van der Waals surface area contributed by atoms with Crippen LogP contribution in [0.1, 0.15) is 30.2 Å². The lowest BCUT2D eigenvalue weighted by molar-refractivity contribution is 0.102. The van der Waals surface area contributed by atoms with Crippen molar-refractivity contribution in [2.45, 2.75) is 26.8 Å². The second-order valence-corrected chi connectivity index (χ2v) is 6.35. The Kier molecular flexibility index (Phi) is 5.66. The molecule has 0 spiro atoms. The van der Waals surface area contributed by atoms with E-state index in [4.69, 9.17) is 4.74 Å². The maximum absolute atomic E-state index is 12.7. The number of amides is 1. The van der Waals surface area contributed by atoms with E-state index in [-0.39, 0.29) is 11.9 Å². The minimum Gasteiger partial charge on any atom is -0.455 e. The van der Waals surface area contributed by atoms with E-state index in [1.165, 1.54) is 0 Å². The summed E-state index contributed by atoms with van der Waals surface area (Å²) < 4.78 is 5.89. The van der Waals surface area contributed by atoms with Crippen LogP contribution in [0.25, 0.3) is 0 Å². The molecular formula is C21H22N4O2. The van der Waals surface area contributed by atoms with Crippen LogP contribution in [0.4, 0.5) is 11.5 Å². The second-order valence-electron chi connectivity index (χ2n) is 6.35. The molecule has 0 aliphatic carbocycles. The van der Waals surface area contributed by atoms with Gasteiger partial charge in [-0.3, -0.25) is 4.79 Å². The molecule has 0 unspecified atom stereocenters. The van der Waals surface area contributed by atoms with Crippen molar-refractivity contribution in [3.05, 3.63) is 72.2 Å². The molecule has 1 aromatic heterocycles. The highest BCUT2D eigenvalue weighted by atomic mass is 16.5. The highest BCUT2D eigenvalue weighted by Crippen LogP contribution is 2.29. The van der Waals surface area contributed by atoms with Crippen LogP contribution in [0, 0.1) is 6.92 Å². The first-order valence-corrected chi connectivity index (χ1v) is 8.77. The van der Waals surface area contributed by atoms with Gasteiger partial charge in [-0.05, 0) is 45.0 Å². The van der Waals surface area contributed by atoms with E-state index in [0.717, 1.165) is 0 Å². The molecule has 3 aromatic rings. The summed E-state index contributed by atoms with van der Waals surface area (Å²) in [7, 11) is 0. The SMILES string of the molecule is Cc1nc(NC(C)C)cc(C(=O)Nc2ccccc2Oc2ccccc2)n1. The first-order chi connectivity index (χ1) is 13.0. The Morgan fingerprint density at radius 2 is 1.70 bits per heavy atom. The van der Waals surface area contributed by atoms with Gasteiger partial charge in [-0.2, -0.15) is 0 Å². The van der Waals surface area contributed by atoms with Gasteiger partial charge in [0, 0.05) is 12.1 Å². The first kappa shape index (κ1) is 18.4. The van der Waals surface area contributed by atoms with Crippen LogP contribution in [0.5, 0.6) is 11.5 Å². The summed E-state index contributed by atoms with van der Waals surface area (Å²) in [5.41, 5.74) is 0.862. The average molecular weight is 362 g/mol. The van der Waals surface area contributed by atoms with Gasteiger partial charge in [-0.1, -0.05) is 30.3 Å². The van der Waals surface area contributed by atoms with E-state index in [1.54, 1.807) is 25.1 Å². The Bertz CT molecular complexity index is 926. The van der Waals surface area contributed by atoms with Gasteiger partial charge >= 0.3 is 0 Å². The third-order valence-electron chi connectivity index (χ3n) is 3.61. The molecule has 6 heteroatoms. The van der Waals surface area contributed by atoms with Crippen molar-refractivity contribution in [3.63, 3.8) is 0 Å². The number of nitrogens with zero attached hydrogens (tertiary/aromatic N) is 2. The van der Waals surface area contributed by atoms with Gasteiger partial charge < -0.3 is 15.4 Å². The summed E-state index contributed by atoms with van der Waals surface area (Å²) >= 11 is 0. The predicted octanol–water partition coefficient (Wildman–Crippen LogP) is 4.65. The lowest BCUT2D eigenvalue weighted by atomic mass is 10.2. The van der Waals surface area contributed by atoms with Crippen LogP contribution in [-0.2, 0) is 0 Å². The number of carbonyl (C=O) groups excluding carboxylic acids is 1. The monoisotopic (exact) mass is 362 g/mol. The van der Waals surface area contributed by atoms with Gasteiger partial charge in [0.2, 0.25) is 0 Å². The van der Waals surface area contributed by atoms with Gasteiger partial charge in [0.05, 0.1) is 5.69 Å². The fourth-order valence-electron chi connectivity index (χ4n) is 2.51. The number of carbonyl (C=O) groups is 1. The number of hydrogen-bond donors (Lipinski definition) is 2. The van der Waals surface area contributed by atoms with E-state index < -0.39 is 0 Å². The average Bonchev–Trinajstić information content (AvgIpc) is 2.63. The van der Waals surface area contributed by atoms with Crippen molar-refractivity contribution in [2.24, 2.45) is 0 Å². The van der Waals surface area contributed by atoms with Crippen LogP contribution >= 0.6 is 0 Å². The molecule has 138 valence electrons. The molecular weight excluding hydrogens is 340 g/mol. The molecule has 0 fully saturated rings. The molecule has 0 atom stereocenters. The smallest absolute Gasteiger partial charge is 0.274 e. The molecule has 1 amide bonds. The molecule has 0 saturated heterocycles. The van der Waals surface area contributed by atoms with Crippen LogP contribution < -0.4 is 15.4 Å². The maximum Gasteiger partial charge on any atom is 0.274 e. The van der Waals surface area contributed by atoms with E-state index in [1.807, 2.05) is 56.3 Å². The van der Waals surface area contributed by atoms with Crippen molar-refractivity contribution in [1.82, 2.24) is 9.97 Å². The normalized spacial score (nSPS) is 10.5. The topological polar surface area (TPSA) is 76.1 Å². The molecule has 0 radical (unpaired) electrons. The van der Waals surface area contributed by atoms with Gasteiger partial charge in [-0.15, -0.1) is 0 Å². The van der Waals surface area contributed by atoms with Gasteiger partial charge in [0.25, 0.3) is 5.91 Å². The van der Waals surface area contributed by atoms with E-state index in [0.29, 0.717) is 34.5 Å². The Balaban J connectivity index is 1.81. The molecule has 0 bridgehead atoms. The minimum atomic E-state index is -0.323. The summed E-state index contributed by atoms with van der Waals surface area (Å²) in [4.78, 5) is 21.3. The number of hydrogen-bond acceptors (Lipinski definition) is 5. The van der Waals surface area contributed by atoms with E-state index in [9.17, 15) is 4.79 Å². The molecule has 1 heterocycles. The zero-order valence-electron chi connectivity index (χ0n) is 15.6. The third kappa shape index (κ3) is 5.04. The van der Waals surface area contributed by atoms with Gasteiger partial charge in [0.1, 0.15) is 23.1 Å². The fraction of sp³-hybridized carbons (Fsp3) is 0.190. The fourth-order valence-corrected chi connectivity index (χ4v) is 2.51. The Labute approximate surface area is 158 Å². The van der Waals surface area contributed by atoms with Crippen molar-refractivity contribution in [2.75, 3.05) is 10.6 Å². The van der Waals surface area contributed by atoms with Gasteiger partial charge in [0.15, 0.2) is 5.75 Å². The summed E-state index contributed by atoms with van der Waals surface area (Å²) in [6, 6.07) is 18.5. The first-order valence-electron chi connectivity index (χ1n) is 8.77. The number of benzene rings is 2.